The summed E-state index contributed by atoms with van der Waals surface area (Å²) in [5.41, 5.74) is 3.31. The molecule has 1 aliphatic carbocycles. The van der Waals surface area contributed by atoms with E-state index in [2.05, 4.69) is 28.4 Å². The lowest BCUT2D eigenvalue weighted by atomic mass is 10.0. The van der Waals surface area contributed by atoms with Crippen molar-refractivity contribution in [1.29, 1.82) is 5.26 Å². The molecule has 2 rings (SSSR count). The van der Waals surface area contributed by atoms with Crippen molar-refractivity contribution in [3.63, 3.8) is 0 Å². The Hall–Kier alpha value is -0.920. The maximum Gasteiger partial charge on any atom is 0.0795 e. The minimum absolute atomic E-state index is 0.305. The zero-order chi connectivity index (χ0) is 10.7. The number of thiazole rings is 1. The molecular formula is C11H15N3S. The largest absolute Gasteiger partial charge is 0.300 e. The van der Waals surface area contributed by atoms with Crippen molar-refractivity contribution in [3.8, 4) is 6.07 Å². The van der Waals surface area contributed by atoms with Crippen molar-refractivity contribution in [1.82, 2.24) is 9.88 Å². The smallest absolute Gasteiger partial charge is 0.0795 e. The van der Waals surface area contributed by atoms with Gasteiger partial charge in [0.1, 0.15) is 0 Å². The van der Waals surface area contributed by atoms with Crippen LogP contribution in [-0.4, -0.2) is 23.5 Å². The first-order valence-corrected chi connectivity index (χ1v) is 6.11. The number of rotatable bonds is 5. The van der Waals surface area contributed by atoms with Gasteiger partial charge in [-0.25, -0.2) is 4.98 Å². The van der Waals surface area contributed by atoms with E-state index in [-0.39, 0.29) is 0 Å². The predicted octanol–water partition coefficient (Wildman–Crippen LogP) is 2.27. The van der Waals surface area contributed by atoms with Crippen molar-refractivity contribution < 1.29 is 0 Å². The minimum Gasteiger partial charge on any atom is -0.300 e. The minimum atomic E-state index is 0.305. The normalized spacial score (nSPS) is 17.7. The van der Waals surface area contributed by atoms with Crippen LogP contribution in [-0.2, 0) is 6.54 Å². The Morgan fingerprint density at radius 2 is 2.47 bits per heavy atom. The molecule has 4 heteroatoms. The Morgan fingerprint density at radius 1 is 1.67 bits per heavy atom. The van der Waals surface area contributed by atoms with E-state index in [4.69, 9.17) is 5.26 Å². The van der Waals surface area contributed by atoms with Gasteiger partial charge in [-0.2, -0.15) is 5.26 Å². The van der Waals surface area contributed by atoms with Crippen molar-refractivity contribution in [2.24, 2.45) is 5.41 Å². The van der Waals surface area contributed by atoms with Crippen LogP contribution in [0.3, 0.4) is 0 Å². The second kappa shape index (κ2) is 4.30. The van der Waals surface area contributed by atoms with Crippen molar-refractivity contribution in [2.45, 2.75) is 25.8 Å². The van der Waals surface area contributed by atoms with E-state index in [0.29, 0.717) is 11.8 Å². The van der Waals surface area contributed by atoms with E-state index in [1.807, 2.05) is 5.51 Å². The molecule has 0 N–H and O–H groups in total. The molecule has 3 nitrogen and oxygen atoms in total. The predicted molar refractivity (Wildman–Crippen MR) is 60.3 cm³/mol. The Bertz CT molecular complexity index is 348. The van der Waals surface area contributed by atoms with Crippen molar-refractivity contribution in [2.75, 3.05) is 13.6 Å². The third-order valence-corrected chi connectivity index (χ3v) is 3.57. The maximum absolute atomic E-state index is 8.73. The monoisotopic (exact) mass is 221 g/mol. The van der Waals surface area contributed by atoms with Gasteiger partial charge in [0.25, 0.3) is 0 Å². The highest BCUT2D eigenvalue weighted by molar-refractivity contribution is 7.07. The van der Waals surface area contributed by atoms with Gasteiger partial charge in [0.2, 0.25) is 0 Å². The fourth-order valence-electron chi connectivity index (χ4n) is 1.96. The average Bonchev–Trinajstić information content (AvgIpc) is 2.75. The lowest BCUT2D eigenvalue weighted by Crippen LogP contribution is -2.26. The Kier molecular flexibility index (Phi) is 3.03. The van der Waals surface area contributed by atoms with E-state index in [9.17, 15) is 0 Å². The summed E-state index contributed by atoms with van der Waals surface area (Å²) in [5.74, 6) is 0. The van der Waals surface area contributed by atoms with Crippen LogP contribution in [0.1, 0.15) is 25.0 Å². The summed E-state index contributed by atoms with van der Waals surface area (Å²) in [4.78, 5) is 6.54. The molecule has 15 heavy (non-hydrogen) atoms. The molecule has 0 atom stereocenters. The van der Waals surface area contributed by atoms with Crippen LogP contribution < -0.4 is 0 Å². The van der Waals surface area contributed by atoms with E-state index in [0.717, 1.165) is 18.8 Å². The molecule has 1 saturated carbocycles. The summed E-state index contributed by atoms with van der Waals surface area (Å²) >= 11 is 1.64. The summed E-state index contributed by atoms with van der Waals surface area (Å²) in [6, 6.07) is 2.29. The topological polar surface area (TPSA) is 39.9 Å². The van der Waals surface area contributed by atoms with Crippen LogP contribution in [0, 0.1) is 16.7 Å². The van der Waals surface area contributed by atoms with Crippen molar-refractivity contribution in [3.05, 3.63) is 16.6 Å². The van der Waals surface area contributed by atoms with Crippen LogP contribution in [0.15, 0.2) is 10.9 Å². The van der Waals surface area contributed by atoms with Crippen LogP contribution >= 0.6 is 11.3 Å². The summed E-state index contributed by atoms with van der Waals surface area (Å²) in [6.07, 6.45) is 3.12. The molecule has 1 aromatic heterocycles. The number of nitrogens with zero attached hydrogens (tertiary/aromatic N) is 3. The second-order valence-corrected chi connectivity index (χ2v) is 5.21. The third kappa shape index (κ3) is 2.77. The molecule has 0 saturated heterocycles. The summed E-state index contributed by atoms with van der Waals surface area (Å²) in [5, 5.41) is 10.8. The highest BCUT2D eigenvalue weighted by atomic mass is 32.1. The lowest BCUT2D eigenvalue weighted by molar-refractivity contribution is 0.255. The molecule has 0 unspecified atom stereocenters. The van der Waals surface area contributed by atoms with Gasteiger partial charge in [0, 0.05) is 24.9 Å². The molecule has 0 aromatic carbocycles. The van der Waals surface area contributed by atoms with Gasteiger partial charge in [0.05, 0.1) is 17.3 Å². The second-order valence-electron chi connectivity index (χ2n) is 4.49. The van der Waals surface area contributed by atoms with Crippen LogP contribution in [0.2, 0.25) is 0 Å². The molecule has 0 amide bonds. The van der Waals surface area contributed by atoms with E-state index in [1.54, 1.807) is 11.3 Å². The highest BCUT2D eigenvalue weighted by Gasteiger charge is 2.42. The summed E-state index contributed by atoms with van der Waals surface area (Å²) in [7, 11) is 2.11. The Morgan fingerprint density at radius 3 is 3.00 bits per heavy atom. The number of nitriles is 1. The number of hydrogen-bond donors (Lipinski definition) is 0. The molecule has 0 aliphatic heterocycles. The molecule has 1 aliphatic rings. The molecule has 0 bridgehead atoms. The van der Waals surface area contributed by atoms with Gasteiger partial charge < -0.3 is 0 Å². The molecule has 0 spiro atoms. The van der Waals surface area contributed by atoms with E-state index in [1.165, 1.54) is 12.8 Å². The first-order valence-electron chi connectivity index (χ1n) is 5.17. The third-order valence-electron chi connectivity index (χ3n) is 2.93. The Balaban J connectivity index is 1.83. The molecular weight excluding hydrogens is 206 g/mol. The summed E-state index contributed by atoms with van der Waals surface area (Å²) in [6.45, 7) is 1.93. The van der Waals surface area contributed by atoms with Crippen LogP contribution in [0.5, 0.6) is 0 Å². The van der Waals surface area contributed by atoms with Gasteiger partial charge in [0.15, 0.2) is 0 Å². The van der Waals surface area contributed by atoms with Crippen molar-refractivity contribution >= 4 is 11.3 Å². The number of aromatic nitrogens is 1. The van der Waals surface area contributed by atoms with Gasteiger partial charge in [-0.05, 0) is 25.3 Å². The maximum atomic E-state index is 8.73. The fourth-order valence-corrected chi connectivity index (χ4v) is 2.51. The molecule has 1 heterocycles. The standard InChI is InChI=1S/C11H15N3S/c1-14(6-10-7-15-9-13-10)8-11(2-3-11)4-5-12/h7,9H,2-4,6,8H2,1H3. The average molecular weight is 221 g/mol. The SMILES string of the molecule is CN(Cc1cscn1)CC1(CC#N)CC1. The van der Waals surface area contributed by atoms with E-state index < -0.39 is 0 Å². The first kappa shape index (κ1) is 10.6. The molecule has 80 valence electrons. The van der Waals surface area contributed by atoms with Gasteiger partial charge in [-0.15, -0.1) is 11.3 Å². The van der Waals surface area contributed by atoms with Crippen LogP contribution in [0.4, 0.5) is 0 Å². The zero-order valence-corrected chi connectivity index (χ0v) is 9.76. The Labute approximate surface area is 94.4 Å². The highest BCUT2D eigenvalue weighted by Crippen LogP contribution is 2.49. The van der Waals surface area contributed by atoms with Gasteiger partial charge in [-0.1, -0.05) is 0 Å². The number of hydrogen-bond acceptors (Lipinski definition) is 4. The van der Waals surface area contributed by atoms with Gasteiger partial charge in [-0.3, -0.25) is 4.90 Å². The fraction of sp³-hybridized carbons (Fsp3) is 0.636. The quantitative estimate of drug-likeness (QED) is 0.765. The molecule has 1 aromatic rings. The van der Waals surface area contributed by atoms with Gasteiger partial charge >= 0.3 is 0 Å². The summed E-state index contributed by atoms with van der Waals surface area (Å²) < 4.78 is 0. The first-order chi connectivity index (χ1) is 7.24. The molecule has 1 fully saturated rings. The molecule has 0 radical (unpaired) electrons. The lowest BCUT2D eigenvalue weighted by Gasteiger charge is -2.20. The van der Waals surface area contributed by atoms with Crippen LogP contribution in [0.25, 0.3) is 0 Å². The zero-order valence-electron chi connectivity index (χ0n) is 8.94. The van der Waals surface area contributed by atoms with E-state index >= 15 is 0 Å².